The number of carbonyl (C=O) groups excluding carboxylic acids is 2. The van der Waals surface area contributed by atoms with Gasteiger partial charge in [0, 0.05) is 35.9 Å². The number of piperidine rings is 1. The molecule has 4 rings (SSSR count). The normalized spacial score (nSPS) is 15.5. The Morgan fingerprint density at radius 1 is 0.971 bits per heavy atom. The summed E-state index contributed by atoms with van der Waals surface area (Å²) in [5.41, 5.74) is 2.33. The molecule has 0 radical (unpaired) electrons. The Hall–Kier alpha value is -3.15. The number of hydrogen-bond acceptors (Lipinski definition) is 3. The van der Waals surface area contributed by atoms with E-state index in [-0.39, 0.29) is 11.8 Å². The van der Waals surface area contributed by atoms with E-state index in [4.69, 9.17) is 11.6 Å². The molecule has 0 saturated carbocycles. The topological polar surface area (TPSA) is 52.7 Å². The summed E-state index contributed by atoms with van der Waals surface area (Å²) >= 11 is 6.22. The lowest BCUT2D eigenvalue weighted by Gasteiger charge is -2.47. The van der Waals surface area contributed by atoms with Crippen molar-refractivity contribution < 1.29 is 9.59 Å². The highest BCUT2D eigenvalue weighted by Gasteiger charge is 2.48. The van der Waals surface area contributed by atoms with Gasteiger partial charge in [0.2, 0.25) is 5.91 Å². The van der Waals surface area contributed by atoms with Gasteiger partial charge in [0.15, 0.2) is 0 Å². The Kier molecular flexibility index (Phi) is 7.35. The van der Waals surface area contributed by atoms with Crippen LogP contribution >= 0.6 is 11.6 Å². The lowest BCUT2D eigenvalue weighted by molar-refractivity contribution is -0.130. The van der Waals surface area contributed by atoms with Gasteiger partial charge in [-0.1, -0.05) is 65.7 Å². The number of nitrogens with zero attached hydrogens (tertiary/aromatic N) is 2. The van der Waals surface area contributed by atoms with Gasteiger partial charge in [0.25, 0.3) is 5.91 Å². The molecule has 176 valence electrons. The number of hydrogen-bond donors (Lipinski definition) is 1. The van der Waals surface area contributed by atoms with Gasteiger partial charge in [-0.3, -0.25) is 9.59 Å². The van der Waals surface area contributed by atoms with Crippen molar-refractivity contribution in [3.8, 4) is 0 Å². The van der Waals surface area contributed by atoms with Crippen LogP contribution in [0.25, 0.3) is 0 Å². The highest BCUT2D eigenvalue weighted by Crippen LogP contribution is 2.34. The van der Waals surface area contributed by atoms with Crippen LogP contribution in [0.15, 0.2) is 78.9 Å². The zero-order valence-corrected chi connectivity index (χ0v) is 20.4. The molecular weight excluding hydrogens is 446 g/mol. The van der Waals surface area contributed by atoms with E-state index in [1.807, 2.05) is 68.6 Å². The van der Waals surface area contributed by atoms with Crippen LogP contribution in [0, 0.1) is 6.92 Å². The summed E-state index contributed by atoms with van der Waals surface area (Å²) in [7, 11) is 2.04. The smallest absolute Gasteiger partial charge is 0.255 e. The first-order chi connectivity index (χ1) is 16.4. The summed E-state index contributed by atoms with van der Waals surface area (Å²) in [6.07, 6.45) is 1.08. The van der Waals surface area contributed by atoms with E-state index in [9.17, 15) is 9.59 Å². The Morgan fingerprint density at radius 3 is 2.29 bits per heavy atom. The van der Waals surface area contributed by atoms with Gasteiger partial charge < -0.3 is 15.1 Å². The quantitative estimate of drug-likeness (QED) is 0.519. The molecule has 2 amide bonds. The highest BCUT2D eigenvalue weighted by atomic mass is 35.5. The fourth-order valence-corrected chi connectivity index (χ4v) is 4.64. The minimum absolute atomic E-state index is 0.158. The van der Waals surface area contributed by atoms with E-state index in [2.05, 4.69) is 10.2 Å². The number of amides is 2. The van der Waals surface area contributed by atoms with Crippen LogP contribution < -0.4 is 5.32 Å². The third-order valence-corrected chi connectivity index (χ3v) is 6.80. The minimum Gasteiger partial charge on any atom is -0.324 e. The molecule has 1 aliphatic rings. The second-order valence-corrected chi connectivity index (χ2v) is 9.48. The molecule has 0 spiro atoms. The molecule has 0 aromatic heterocycles. The van der Waals surface area contributed by atoms with Crippen LogP contribution in [-0.4, -0.2) is 47.3 Å². The van der Waals surface area contributed by atoms with E-state index < -0.39 is 5.54 Å². The van der Waals surface area contributed by atoms with Gasteiger partial charge >= 0.3 is 0 Å². The fraction of sp³-hybridized carbons (Fsp3) is 0.286. The molecular formula is C28H30ClN3O2. The van der Waals surface area contributed by atoms with E-state index >= 15 is 0 Å². The van der Waals surface area contributed by atoms with E-state index in [0.29, 0.717) is 30.0 Å². The molecule has 6 heteroatoms. The predicted octanol–water partition coefficient (Wildman–Crippen LogP) is 5.39. The van der Waals surface area contributed by atoms with E-state index in [1.165, 1.54) is 0 Å². The second kappa shape index (κ2) is 10.4. The molecule has 0 unspecified atom stereocenters. The summed E-state index contributed by atoms with van der Waals surface area (Å²) < 4.78 is 0. The molecule has 1 N–H and O–H groups in total. The predicted molar refractivity (Wildman–Crippen MR) is 137 cm³/mol. The van der Waals surface area contributed by atoms with Crippen LogP contribution in [0.3, 0.4) is 0 Å². The molecule has 3 aromatic carbocycles. The van der Waals surface area contributed by atoms with Crippen molar-refractivity contribution in [1.82, 2.24) is 9.80 Å². The van der Waals surface area contributed by atoms with Crippen molar-refractivity contribution in [3.05, 3.63) is 101 Å². The van der Waals surface area contributed by atoms with Crippen molar-refractivity contribution >= 4 is 29.1 Å². The van der Waals surface area contributed by atoms with Crippen molar-refractivity contribution in [2.45, 2.75) is 31.8 Å². The maximum Gasteiger partial charge on any atom is 0.255 e. The third kappa shape index (κ3) is 5.32. The minimum atomic E-state index is -0.993. The molecule has 0 aliphatic carbocycles. The summed E-state index contributed by atoms with van der Waals surface area (Å²) in [6.45, 7) is 3.80. The maximum absolute atomic E-state index is 14.0. The van der Waals surface area contributed by atoms with Gasteiger partial charge in [0.1, 0.15) is 5.54 Å². The molecule has 1 heterocycles. The molecule has 1 fully saturated rings. The molecule has 0 bridgehead atoms. The third-order valence-electron chi connectivity index (χ3n) is 6.56. The lowest BCUT2D eigenvalue weighted by Crippen LogP contribution is -2.62. The molecule has 0 atom stereocenters. The highest BCUT2D eigenvalue weighted by molar-refractivity contribution is 6.31. The van der Waals surface area contributed by atoms with E-state index in [1.54, 1.807) is 29.2 Å². The SMILES string of the molecule is Cc1ccc(CN(C(=O)c2cccc(Cl)c2)C2(C(=O)Nc3ccccc3)CCN(C)CC2)cc1. The molecule has 1 aliphatic heterocycles. The fourth-order valence-electron chi connectivity index (χ4n) is 4.45. The number of nitrogens with one attached hydrogen (secondary N) is 1. The lowest BCUT2D eigenvalue weighted by atomic mass is 9.83. The number of rotatable bonds is 6. The van der Waals surface area contributed by atoms with Gasteiger partial charge in [-0.25, -0.2) is 0 Å². The van der Waals surface area contributed by atoms with Crippen LogP contribution in [0.4, 0.5) is 5.69 Å². The van der Waals surface area contributed by atoms with Crippen LogP contribution in [0.5, 0.6) is 0 Å². The number of anilines is 1. The number of aryl methyl sites for hydroxylation is 1. The van der Waals surface area contributed by atoms with Gasteiger partial charge in [-0.2, -0.15) is 0 Å². The van der Waals surface area contributed by atoms with Crippen molar-refractivity contribution in [1.29, 1.82) is 0 Å². The average molecular weight is 476 g/mol. The number of benzene rings is 3. The van der Waals surface area contributed by atoms with Gasteiger partial charge in [-0.05, 0) is 62.7 Å². The van der Waals surface area contributed by atoms with E-state index in [0.717, 1.165) is 29.9 Å². The van der Waals surface area contributed by atoms with Crippen LogP contribution in [0.2, 0.25) is 5.02 Å². The molecule has 3 aromatic rings. The Bertz CT molecular complexity index is 1140. The Balaban J connectivity index is 1.77. The molecule has 5 nitrogen and oxygen atoms in total. The standard InChI is InChI=1S/C28H30ClN3O2/c1-21-11-13-22(14-12-21)20-32(26(33)23-7-6-8-24(29)19-23)28(15-17-31(2)18-16-28)27(34)30-25-9-4-3-5-10-25/h3-14,19H,15-18,20H2,1-2H3,(H,30,34). The number of para-hydroxylation sites is 1. The number of halogens is 1. The zero-order valence-electron chi connectivity index (χ0n) is 19.6. The summed E-state index contributed by atoms with van der Waals surface area (Å²) in [5, 5.41) is 3.58. The van der Waals surface area contributed by atoms with Crippen molar-refractivity contribution in [2.75, 3.05) is 25.5 Å². The van der Waals surface area contributed by atoms with Crippen LogP contribution in [0.1, 0.15) is 34.3 Å². The first-order valence-electron chi connectivity index (χ1n) is 11.6. The first-order valence-corrected chi connectivity index (χ1v) is 11.9. The van der Waals surface area contributed by atoms with Gasteiger partial charge in [-0.15, -0.1) is 0 Å². The second-order valence-electron chi connectivity index (χ2n) is 9.04. The number of likely N-dealkylation sites (tertiary alicyclic amines) is 1. The largest absolute Gasteiger partial charge is 0.324 e. The number of carbonyl (C=O) groups is 2. The zero-order chi connectivity index (χ0) is 24.1. The van der Waals surface area contributed by atoms with Gasteiger partial charge in [0.05, 0.1) is 0 Å². The Labute approximate surface area is 206 Å². The first kappa shape index (κ1) is 24.0. The summed E-state index contributed by atoms with van der Waals surface area (Å²) in [5.74, 6) is -0.356. The summed E-state index contributed by atoms with van der Waals surface area (Å²) in [4.78, 5) is 31.9. The maximum atomic E-state index is 14.0. The molecule has 34 heavy (non-hydrogen) atoms. The summed E-state index contributed by atoms with van der Waals surface area (Å²) in [6, 6.07) is 24.5. The molecule has 1 saturated heterocycles. The monoisotopic (exact) mass is 475 g/mol. The van der Waals surface area contributed by atoms with Crippen LogP contribution in [-0.2, 0) is 11.3 Å². The van der Waals surface area contributed by atoms with Crippen molar-refractivity contribution in [2.24, 2.45) is 0 Å². The van der Waals surface area contributed by atoms with Crippen molar-refractivity contribution in [3.63, 3.8) is 0 Å². The average Bonchev–Trinajstić information content (AvgIpc) is 2.85. The Morgan fingerprint density at radius 2 is 1.65 bits per heavy atom.